The first-order chi connectivity index (χ1) is 10.0. The average Bonchev–Trinajstić information content (AvgIpc) is 2.44. The molecule has 0 aliphatic rings. The summed E-state index contributed by atoms with van der Waals surface area (Å²) in [5.41, 5.74) is 1.69. The van der Waals surface area contributed by atoms with Gasteiger partial charge in [0.2, 0.25) is 5.88 Å². The summed E-state index contributed by atoms with van der Waals surface area (Å²) < 4.78 is 19.0. The van der Waals surface area contributed by atoms with Crippen molar-refractivity contribution in [3.8, 4) is 11.6 Å². The monoisotopic (exact) mass is 288 g/mol. The SMILES string of the molecule is Cc1ccc(Oc2ccc(CNCC(C)C)cn2)cc1F. The fourth-order valence-corrected chi connectivity index (χ4v) is 1.84. The number of rotatable bonds is 6. The molecule has 1 aromatic heterocycles. The fourth-order valence-electron chi connectivity index (χ4n) is 1.84. The molecule has 0 unspecified atom stereocenters. The van der Waals surface area contributed by atoms with E-state index in [0.717, 1.165) is 18.7 Å². The fraction of sp³-hybridized carbons (Fsp3) is 0.353. The number of benzene rings is 1. The Hall–Kier alpha value is -1.94. The lowest BCUT2D eigenvalue weighted by Crippen LogP contribution is -2.18. The van der Waals surface area contributed by atoms with Crippen LogP contribution < -0.4 is 10.1 Å². The van der Waals surface area contributed by atoms with Crippen molar-refractivity contribution in [3.05, 3.63) is 53.5 Å². The number of aryl methyl sites for hydroxylation is 1. The normalized spacial score (nSPS) is 10.9. The number of hydrogen-bond acceptors (Lipinski definition) is 3. The zero-order valence-electron chi connectivity index (χ0n) is 12.7. The maximum absolute atomic E-state index is 13.4. The molecule has 0 fully saturated rings. The summed E-state index contributed by atoms with van der Waals surface area (Å²) in [4.78, 5) is 4.24. The first-order valence-electron chi connectivity index (χ1n) is 7.14. The number of nitrogens with zero attached hydrogens (tertiary/aromatic N) is 1. The van der Waals surface area contributed by atoms with Gasteiger partial charge in [0.1, 0.15) is 11.6 Å². The minimum Gasteiger partial charge on any atom is -0.439 e. The Balaban J connectivity index is 1.94. The van der Waals surface area contributed by atoms with Gasteiger partial charge >= 0.3 is 0 Å². The number of hydrogen-bond donors (Lipinski definition) is 1. The van der Waals surface area contributed by atoms with E-state index in [1.54, 1.807) is 31.3 Å². The van der Waals surface area contributed by atoms with Crippen molar-refractivity contribution in [2.75, 3.05) is 6.54 Å². The molecule has 0 radical (unpaired) electrons. The van der Waals surface area contributed by atoms with Crippen LogP contribution in [0.2, 0.25) is 0 Å². The molecule has 3 nitrogen and oxygen atoms in total. The van der Waals surface area contributed by atoms with Crippen LogP contribution in [0.1, 0.15) is 25.0 Å². The molecule has 21 heavy (non-hydrogen) atoms. The van der Waals surface area contributed by atoms with E-state index in [9.17, 15) is 4.39 Å². The average molecular weight is 288 g/mol. The Morgan fingerprint density at radius 3 is 2.67 bits per heavy atom. The van der Waals surface area contributed by atoms with Gasteiger partial charge < -0.3 is 10.1 Å². The second-order valence-electron chi connectivity index (χ2n) is 5.54. The third-order valence-electron chi connectivity index (χ3n) is 3.05. The minimum absolute atomic E-state index is 0.276. The van der Waals surface area contributed by atoms with Gasteiger partial charge in [-0.1, -0.05) is 26.0 Å². The molecule has 0 amide bonds. The van der Waals surface area contributed by atoms with Crippen molar-refractivity contribution >= 4 is 0 Å². The van der Waals surface area contributed by atoms with Crippen molar-refractivity contribution in [1.82, 2.24) is 10.3 Å². The van der Waals surface area contributed by atoms with Crippen molar-refractivity contribution in [3.63, 3.8) is 0 Å². The number of ether oxygens (including phenoxy) is 1. The molecular weight excluding hydrogens is 267 g/mol. The van der Waals surface area contributed by atoms with E-state index < -0.39 is 0 Å². The lowest BCUT2D eigenvalue weighted by atomic mass is 10.2. The lowest BCUT2D eigenvalue weighted by Gasteiger charge is -2.08. The van der Waals surface area contributed by atoms with Crippen molar-refractivity contribution in [1.29, 1.82) is 0 Å². The third kappa shape index (κ3) is 4.83. The van der Waals surface area contributed by atoms with Gasteiger partial charge in [-0.2, -0.15) is 0 Å². The van der Waals surface area contributed by atoms with E-state index in [1.807, 2.05) is 6.07 Å². The van der Waals surface area contributed by atoms with Gasteiger partial charge in [0, 0.05) is 24.9 Å². The van der Waals surface area contributed by atoms with E-state index in [2.05, 4.69) is 24.1 Å². The molecular formula is C17H21FN2O. The Bertz CT molecular complexity index is 582. The van der Waals surface area contributed by atoms with Crippen molar-refractivity contribution in [2.45, 2.75) is 27.3 Å². The molecule has 0 atom stereocenters. The molecule has 2 aromatic rings. The van der Waals surface area contributed by atoms with Crippen LogP contribution in [0.5, 0.6) is 11.6 Å². The first kappa shape index (κ1) is 15.4. The van der Waals surface area contributed by atoms with Gasteiger partial charge in [-0.05, 0) is 36.6 Å². The van der Waals surface area contributed by atoms with Gasteiger partial charge in [0.05, 0.1) is 0 Å². The van der Waals surface area contributed by atoms with E-state index in [-0.39, 0.29) is 5.82 Å². The predicted octanol–water partition coefficient (Wildman–Crippen LogP) is 4.07. The van der Waals surface area contributed by atoms with Gasteiger partial charge in [-0.25, -0.2) is 9.37 Å². The van der Waals surface area contributed by atoms with Crippen LogP contribution in [0.25, 0.3) is 0 Å². The van der Waals surface area contributed by atoms with Crippen LogP contribution in [0, 0.1) is 18.7 Å². The van der Waals surface area contributed by atoms with Crippen LogP contribution in [0.3, 0.4) is 0 Å². The highest BCUT2D eigenvalue weighted by molar-refractivity contribution is 5.31. The van der Waals surface area contributed by atoms with E-state index in [4.69, 9.17) is 4.74 Å². The number of halogens is 1. The van der Waals surface area contributed by atoms with Crippen molar-refractivity contribution < 1.29 is 9.13 Å². The third-order valence-corrected chi connectivity index (χ3v) is 3.05. The molecule has 0 bridgehead atoms. The number of aromatic nitrogens is 1. The molecule has 0 aliphatic heterocycles. The van der Waals surface area contributed by atoms with Crippen LogP contribution in [-0.2, 0) is 6.54 Å². The Labute approximate surface area is 125 Å². The van der Waals surface area contributed by atoms with Crippen molar-refractivity contribution in [2.24, 2.45) is 5.92 Å². The summed E-state index contributed by atoms with van der Waals surface area (Å²) in [6.45, 7) is 7.81. The maximum atomic E-state index is 13.4. The lowest BCUT2D eigenvalue weighted by molar-refractivity contribution is 0.456. The first-order valence-corrected chi connectivity index (χ1v) is 7.14. The molecule has 1 N–H and O–H groups in total. The summed E-state index contributed by atoms with van der Waals surface area (Å²) in [5.74, 6) is 1.26. The number of nitrogens with one attached hydrogen (secondary N) is 1. The highest BCUT2D eigenvalue weighted by atomic mass is 19.1. The van der Waals surface area contributed by atoms with Gasteiger partial charge in [-0.3, -0.25) is 0 Å². The second kappa shape index (κ2) is 7.18. The second-order valence-corrected chi connectivity index (χ2v) is 5.54. The Morgan fingerprint density at radius 2 is 2.05 bits per heavy atom. The van der Waals surface area contributed by atoms with Crippen LogP contribution in [-0.4, -0.2) is 11.5 Å². The Kier molecular flexibility index (Phi) is 5.28. The van der Waals surface area contributed by atoms with Crippen LogP contribution >= 0.6 is 0 Å². The minimum atomic E-state index is -0.276. The molecule has 0 aliphatic carbocycles. The summed E-state index contributed by atoms with van der Waals surface area (Å²) in [5, 5.41) is 3.35. The maximum Gasteiger partial charge on any atom is 0.219 e. The van der Waals surface area contributed by atoms with E-state index in [0.29, 0.717) is 23.1 Å². The molecule has 0 saturated carbocycles. The molecule has 0 spiro atoms. The molecule has 1 heterocycles. The number of pyridine rings is 1. The van der Waals surface area contributed by atoms with Crippen LogP contribution in [0.15, 0.2) is 36.5 Å². The molecule has 1 aromatic carbocycles. The summed E-state index contributed by atoms with van der Waals surface area (Å²) in [7, 11) is 0. The van der Waals surface area contributed by atoms with Crippen LogP contribution in [0.4, 0.5) is 4.39 Å². The molecule has 112 valence electrons. The van der Waals surface area contributed by atoms with Gasteiger partial charge in [0.25, 0.3) is 0 Å². The summed E-state index contributed by atoms with van der Waals surface area (Å²) in [6.07, 6.45) is 1.77. The molecule has 0 saturated heterocycles. The van der Waals surface area contributed by atoms with Gasteiger partial charge in [0.15, 0.2) is 0 Å². The van der Waals surface area contributed by atoms with E-state index >= 15 is 0 Å². The Morgan fingerprint density at radius 1 is 1.24 bits per heavy atom. The highest BCUT2D eigenvalue weighted by Crippen LogP contribution is 2.21. The topological polar surface area (TPSA) is 34.1 Å². The smallest absolute Gasteiger partial charge is 0.219 e. The van der Waals surface area contributed by atoms with Gasteiger partial charge in [-0.15, -0.1) is 0 Å². The summed E-state index contributed by atoms with van der Waals surface area (Å²) >= 11 is 0. The summed E-state index contributed by atoms with van der Waals surface area (Å²) in [6, 6.07) is 8.55. The largest absolute Gasteiger partial charge is 0.439 e. The highest BCUT2D eigenvalue weighted by Gasteiger charge is 2.03. The van der Waals surface area contributed by atoms with E-state index in [1.165, 1.54) is 6.07 Å². The standard InChI is InChI=1S/C17H21FN2O/c1-12(2)9-19-10-14-5-7-17(20-11-14)21-15-6-4-13(3)16(18)8-15/h4-8,11-12,19H,9-10H2,1-3H3. The zero-order valence-corrected chi connectivity index (χ0v) is 12.7. The zero-order chi connectivity index (χ0) is 15.2. The molecule has 2 rings (SSSR count). The molecule has 4 heteroatoms. The predicted molar refractivity (Wildman–Crippen MR) is 82.0 cm³/mol. The quantitative estimate of drug-likeness (QED) is 0.870.